The number of carbonyl (C=O) groups excluding carboxylic acids is 2. The lowest BCUT2D eigenvalue weighted by molar-refractivity contribution is -0.123. The third kappa shape index (κ3) is 7.23. The number of hydrogen-bond acceptors (Lipinski definition) is 6. The van der Waals surface area contributed by atoms with Crippen LogP contribution in [0.5, 0.6) is 17.2 Å². The third-order valence-corrected chi connectivity index (χ3v) is 5.22. The second kappa shape index (κ2) is 11.1. The topological polar surface area (TPSA) is 106 Å². The number of aliphatic hydroxyl groups is 1. The van der Waals surface area contributed by atoms with Crippen molar-refractivity contribution in [3.63, 3.8) is 0 Å². The maximum absolute atomic E-state index is 12.7. The Morgan fingerprint density at radius 3 is 1.69 bits per heavy atom. The van der Waals surface area contributed by atoms with Crippen LogP contribution < -0.4 is 20.1 Å². The molecule has 0 bridgehead atoms. The lowest BCUT2D eigenvalue weighted by Gasteiger charge is -2.29. The monoisotopic (exact) mass is 492 g/mol. The quantitative estimate of drug-likeness (QED) is 0.390. The maximum Gasteiger partial charge on any atom is 0.408 e. The molecule has 0 radical (unpaired) electrons. The zero-order valence-corrected chi connectivity index (χ0v) is 21.1. The summed E-state index contributed by atoms with van der Waals surface area (Å²) in [6.45, 7) is 5.94. The van der Waals surface area contributed by atoms with Crippen molar-refractivity contribution < 1.29 is 28.9 Å². The molecule has 0 aliphatic carbocycles. The van der Waals surface area contributed by atoms with Crippen molar-refractivity contribution in [1.82, 2.24) is 5.32 Å². The number of alkyl carbamates (subject to hydrolysis) is 1. The second-order valence-electron chi connectivity index (χ2n) is 9.45. The minimum absolute atomic E-state index is 0.480. The summed E-state index contributed by atoms with van der Waals surface area (Å²) in [5, 5.41) is 14.9. The van der Waals surface area contributed by atoms with Gasteiger partial charge in [0.15, 0.2) is 0 Å². The fraction of sp³-hybridized carbons (Fsp3) is 0.286. The smallest absolute Gasteiger partial charge is 0.408 e. The molecule has 0 aromatic heterocycles. The molecule has 8 nitrogen and oxygen atoms in total. The first-order chi connectivity index (χ1) is 17.0. The van der Waals surface area contributed by atoms with Gasteiger partial charge in [0.25, 0.3) is 5.91 Å². The first-order valence-electron chi connectivity index (χ1n) is 11.5. The number of hydrogen-bond donors (Lipinski definition) is 3. The van der Waals surface area contributed by atoms with E-state index in [2.05, 4.69) is 10.6 Å². The predicted molar refractivity (Wildman–Crippen MR) is 138 cm³/mol. The Balaban J connectivity index is 1.60. The van der Waals surface area contributed by atoms with E-state index in [1.807, 2.05) is 48.5 Å². The largest absolute Gasteiger partial charge is 0.497 e. The molecular formula is C28H32N2O6. The van der Waals surface area contributed by atoms with Gasteiger partial charge in [-0.05, 0) is 87.4 Å². The molecule has 3 N–H and O–H groups in total. The molecule has 0 aliphatic heterocycles. The number of ether oxygens (including phenoxy) is 3. The van der Waals surface area contributed by atoms with E-state index < -0.39 is 29.7 Å². The number of rotatable bonds is 8. The SMILES string of the molecule is COc1ccc(-c2ccc(Oc3ccc(NC(=O)C(C)(CO)NC(=O)OC(C)(C)C)cc3)cc2)cc1. The first-order valence-corrected chi connectivity index (χ1v) is 11.5. The van der Waals surface area contributed by atoms with Gasteiger partial charge in [0.1, 0.15) is 28.4 Å². The van der Waals surface area contributed by atoms with Crippen LogP contribution in [0.2, 0.25) is 0 Å². The zero-order chi connectivity index (χ0) is 26.3. The van der Waals surface area contributed by atoms with E-state index in [-0.39, 0.29) is 0 Å². The summed E-state index contributed by atoms with van der Waals surface area (Å²) in [4.78, 5) is 24.8. The molecule has 0 heterocycles. The average molecular weight is 493 g/mol. The summed E-state index contributed by atoms with van der Waals surface area (Å²) in [7, 11) is 1.64. The van der Waals surface area contributed by atoms with Crippen LogP contribution in [0.25, 0.3) is 11.1 Å². The molecule has 2 amide bonds. The Morgan fingerprint density at radius 1 is 0.778 bits per heavy atom. The maximum atomic E-state index is 12.7. The molecule has 0 saturated heterocycles. The van der Waals surface area contributed by atoms with Crippen molar-refractivity contribution >= 4 is 17.7 Å². The van der Waals surface area contributed by atoms with Gasteiger partial charge in [-0.15, -0.1) is 0 Å². The molecule has 3 aromatic rings. The lowest BCUT2D eigenvalue weighted by atomic mass is 10.0. The average Bonchev–Trinajstić information content (AvgIpc) is 2.84. The molecule has 0 saturated carbocycles. The Kier molecular flexibility index (Phi) is 8.22. The molecule has 36 heavy (non-hydrogen) atoms. The van der Waals surface area contributed by atoms with Crippen molar-refractivity contribution in [2.24, 2.45) is 0 Å². The van der Waals surface area contributed by atoms with Gasteiger partial charge in [0.2, 0.25) is 0 Å². The Labute approximate surface area is 211 Å². The summed E-state index contributed by atoms with van der Waals surface area (Å²) < 4.78 is 16.3. The Morgan fingerprint density at radius 2 is 1.25 bits per heavy atom. The van der Waals surface area contributed by atoms with Crippen molar-refractivity contribution in [3.8, 4) is 28.4 Å². The van der Waals surface area contributed by atoms with Gasteiger partial charge < -0.3 is 30.0 Å². The standard InChI is InChI=1S/C28H32N2O6/c1-27(2,3)36-26(33)30-28(4,18-31)25(32)29-21-10-16-24(17-11-21)35-23-14-8-20(9-15-23)19-6-12-22(34-5)13-7-19/h6-17,31H,18H2,1-5H3,(H,29,32)(H,30,33). The van der Waals surface area contributed by atoms with E-state index in [1.165, 1.54) is 6.92 Å². The molecule has 0 spiro atoms. The van der Waals surface area contributed by atoms with Crippen LogP contribution in [-0.4, -0.2) is 42.0 Å². The van der Waals surface area contributed by atoms with Crippen molar-refractivity contribution in [1.29, 1.82) is 0 Å². The fourth-order valence-electron chi connectivity index (χ4n) is 3.21. The van der Waals surface area contributed by atoms with Crippen molar-refractivity contribution in [3.05, 3.63) is 72.8 Å². The van der Waals surface area contributed by atoms with Crippen molar-refractivity contribution in [2.75, 3.05) is 19.0 Å². The number of aliphatic hydroxyl groups excluding tert-OH is 1. The number of nitrogens with one attached hydrogen (secondary N) is 2. The molecule has 0 fully saturated rings. The second-order valence-corrected chi connectivity index (χ2v) is 9.45. The van der Waals surface area contributed by atoms with E-state index in [0.717, 1.165) is 16.9 Å². The van der Waals surface area contributed by atoms with Gasteiger partial charge in [0.05, 0.1) is 13.7 Å². The van der Waals surface area contributed by atoms with Crippen molar-refractivity contribution in [2.45, 2.75) is 38.8 Å². The minimum Gasteiger partial charge on any atom is -0.497 e. The summed E-state index contributed by atoms with van der Waals surface area (Å²) in [6, 6.07) is 22.3. The van der Waals surface area contributed by atoms with Crippen LogP contribution in [0.4, 0.5) is 10.5 Å². The Bertz CT molecular complexity index is 1170. The highest BCUT2D eigenvalue weighted by Crippen LogP contribution is 2.28. The van der Waals surface area contributed by atoms with Crippen LogP contribution >= 0.6 is 0 Å². The van der Waals surface area contributed by atoms with Gasteiger partial charge in [0, 0.05) is 5.69 Å². The first kappa shape index (κ1) is 26.6. The van der Waals surface area contributed by atoms with Gasteiger partial charge >= 0.3 is 6.09 Å². The summed E-state index contributed by atoms with van der Waals surface area (Å²) >= 11 is 0. The highest BCUT2D eigenvalue weighted by atomic mass is 16.6. The molecule has 1 unspecified atom stereocenters. The highest BCUT2D eigenvalue weighted by Gasteiger charge is 2.36. The van der Waals surface area contributed by atoms with Crippen LogP contribution in [-0.2, 0) is 9.53 Å². The normalized spacial score (nSPS) is 12.7. The van der Waals surface area contributed by atoms with Gasteiger partial charge in [-0.3, -0.25) is 4.79 Å². The third-order valence-electron chi connectivity index (χ3n) is 5.22. The van der Waals surface area contributed by atoms with E-state index in [9.17, 15) is 14.7 Å². The van der Waals surface area contributed by atoms with Crippen LogP contribution in [0.15, 0.2) is 72.8 Å². The van der Waals surface area contributed by atoms with Gasteiger partial charge in [-0.25, -0.2) is 4.79 Å². The fourth-order valence-corrected chi connectivity index (χ4v) is 3.21. The molecular weight excluding hydrogens is 460 g/mol. The molecule has 190 valence electrons. The van der Waals surface area contributed by atoms with E-state index in [1.54, 1.807) is 52.1 Å². The Hall–Kier alpha value is -4.04. The van der Waals surface area contributed by atoms with E-state index in [4.69, 9.17) is 14.2 Å². The number of amides is 2. The molecule has 1 atom stereocenters. The molecule has 8 heteroatoms. The summed E-state index contributed by atoms with van der Waals surface area (Å²) in [5.41, 5.74) is 0.299. The summed E-state index contributed by atoms with van der Waals surface area (Å²) in [6.07, 6.45) is -0.795. The molecule has 3 aromatic carbocycles. The molecule has 3 rings (SSSR count). The van der Waals surface area contributed by atoms with E-state index >= 15 is 0 Å². The number of anilines is 1. The minimum atomic E-state index is -1.57. The number of methoxy groups -OCH3 is 1. The molecule has 0 aliphatic rings. The highest BCUT2D eigenvalue weighted by molar-refractivity contribution is 5.99. The van der Waals surface area contributed by atoms with Gasteiger partial charge in [-0.1, -0.05) is 24.3 Å². The number of carbonyl (C=O) groups is 2. The predicted octanol–water partition coefficient (Wildman–Crippen LogP) is 5.37. The summed E-state index contributed by atoms with van der Waals surface area (Å²) in [5.74, 6) is 1.47. The van der Waals surface area contributed by atoms with E-state index in [0.29, 0.717) is 17.2 Å². The zero-order valence-electron chi connectivity index (χ0n) is 21.1. The van der Waals surface area contributed by atoms with Gasteiger partial charge in [-0.2, -0.15) is 0 Å². The number of benzene rings is 3. The van der Waals surface area contributed by atoms with Crippen LogP contribution in [0, 0.1) is 0 Å². The van der Waals surface area contributed by atoms with Crippen LogP contribution in [0.1, 0.15) is 27.7 Å². The van der Waals surface area contributed by atoms with Crippen LogP contribution in [0.3, 0.4) is 0 Å². The lowest BCUT2D eigenvalue weighted by Crippen LogP contribution is -2.58.